The fourth-order valence-electron chi connectivity index (χ4n) is 1.79. The Morgan fingerprint density at radius 1 is 1.43 bits per heavy atom. The van der Waals surface area contributed by atoms with E-state index in [-0.39, 0.29) is 18.1 Å². The number of aromatic nitrogens is 2. The summed E-state index contributed by atoms with van der Waals surface area (Å²) >= 11 is 0. The molecule has 1 saturated heterocycles. The molecule has 7 nitrogen and oxygen atoms in total. The van der Waals surface area contributed by atoms with Gasteiger partial charge in [0.1, 0.15) is 30.1 Å². The van der Waals surface area contributed by atoms with Gasteiger partial charge in [0.05, 0.1) is 0 Å². The molecule has 1 aliphatic rings. The molecule has 10 heteroatoms. The van der Waals surface area contributed by atoms with Crippen molar-refractivity contribution in [1.29, 1.82) is 0 Å². The molecular formula is C11H11F3N4O3. The van der Waals surface area contributed by atoms with Gasteiger partial charge in [0.15, 0.2) is 0 Å². The monoisotopic (exact) mass is 304 g/mol. The largest absolute Gasteiger partial charge is 0.459 e. The number of nitrogens with zero attached hydrogens (tertiary/aromatic N) is 2. The summed E-state index contributed by atoms with van der Waals surface area (Å²) in [6, 6.07) is 0.847. The van der Waals surface area contributed by atoms with Crippen molar-refractivity contribution in [3.05, 3.63) is 17.8 Å². The van der Waals surface area contributed by atoms with E-state index in [2.05, 4.69) is 10.2 Å². The predicted octanol–water partition coefficient (Wildman–Crippen LogP) is 0.169. The molecule has 2 rings (SSSR count). The highest BCUT2D eigenvalue weighted by Gasteiger charge is 2.50. The van der Waals surface area contributed by atoms with Crippen LogP contribution in [-0.2, 0) is 20.9 Å². The average Bonchev–Trinajstić information content (AvgIpc) is 2.80. The second-order valence-corrected chi connectivity index (χ2v) is 4.45. The van der Waals surface area contributed by atoms with Crippen molar-refractivity contribution in [3.63, 3.8) is 0 Å². The van der Waals surface area contributed by atoms with Gasteiger partial charge in [-0.05, 0) is 18.6 Å². The molecule has 2 heterocycles. The van der Waals surface area contributed by atoms with Crippen LogP contribution >= 0.6 is 0 Å². The highest BCUT2D eigenvalue weighted by atomic mass is 19.4. The third-order valence-electron chi connectivity index (χ3n) is 2.89. The van der Waals surface area contributed by atoms with Crippen LogP contribution in [0.25, 0.3) is 0 Å². The maximum Gasteiger partial charge on any atom is 0.408 e. The lowest BCUT2D eigenvalue weighted by Crippen LogP contribution is -2.38. The number of nitrogens with one attached hydrogen (secondary N) is 1. The third-order valence-corrected chi connectivity index (χ3v) is 2.89. The second-order valence-electron chi connectivity index (χ2n) is 4.45. The van der Waals surface area contributed by atoms with Crippen LogP contribution in [-0.4, -0.2) is 34.3 Å². The average molecular weight is 304 g/mol. The molecule has 0 aliphatic carbocycles. The van der Waals surface area contributed by atoms with Crippen molar-refractivity contribution in [2.24, 2.45) is 5.92 Å². The molecule has 1 aliphatic heterocycles. The Kier molecular flexibility index (Phi) is 3.96. The normalized spacial score (nSPS) is 22.0. The van der Waals surface area contributed by atoms with Crippen LogP contribution in [0, 0.1) is 5.92 Å². The fourth-order valence-corrected chi connectivity index (χ4v) is 1.79. The number of alkyl halides is 3. The maximum atomic E-state index is 12.5. The van der Waals surface area contributed by atoms with Crippen molar-refractivity contribution in [1.82, 2.24) is 15.5 Å². The number of amides is 1. The molecule has 1 aromatic heterocycles. The molecular weight excluding hydrogens is 293 g/mol. The standard InChI is InChI=1S/C11H11F3N4O3/c12-11(13,14)7-3-6(9(19)16-7)10(20)21-4-5-1-2-8(15)18-17-5/h1-2,6-7H,3-4H2,(H2,15,18)(H,16,19)/t6?,7-/m0/s1. The molecule has 3 N–H and O–H groups in total. The third kappa shape index (κ3) is 3.58. The topological polar surface area (TPSA) is 107 Å². The van der Waals surface area contributed by atoms with Crippen LogP contribution in [0.3, 0.4) is 0 Å². The first-order chi connectivity index (χ1) is 9.77. The van der Waals surface area contributed by atoms with Crippen LogP contribution < -0.4 is 11.1 Å². The maximum absolute atomic E-state index is 12.5. The van der Waals surface area contributed by atoms with Gasteiger partial charge in [-0.2, -0.15) is 13.2 Å². The summed E-state index contributed by atoms with van der Waals surface area (Å²) < 4.78 is 42.2. The Labute approximate surface area is 116 Å². The molecule has 0 aromatic carbocycles. The molecule has 0 saturated carbocycles. The second kappa shape index (κ2) is 5.54. The smallest absolute Gasteiger partial charge is 0.408 e. The molecule has 0 spiro atoms. The van der Waals surface area contributed by atoms with Crippen molar-refractivity contribution in [3.8, 4) is 0 Å². The number of esters is 1. The number of ether oxygens (including phenoxy) is 1. The first kappa shape index (κ1) is 15.0. The molecule has 114 valence electrons. The number of anilines is 1. The lowest BCUT2D eigenvalue weighted by atomic mass is 10.1. The van der Waals surface area contributed by atoms with Gasteiger partial charge in [0, 0.05) is 0 Å². The van der Waals surface area contributed by atoms with Crippen molar-refractivity contribution < 1.29 is 27.5 Å². The molecule has 21 heavy (non-hydrogen) atoms. The molecule has 0 bridgehead atoms. The van der Waals surface area contributed by atoms with E-state index < -0.39 is 36.4 Å². The van der Waals surface area contributed by atoms with E-state index in [1.165, 1.54) is 12.1 Å². The van der Waals surface area contributed by atoms with E-state index in [1.54, 1.807) is 5.32 Å². The molecule has 1 unspecified atom stereocenters. The summed E-state index contributed by atoms with van der Waals surface area (Å²) in [4.78, 5) is 23.0. The van der Waals surface area contributed by atoms with Crippen molar-refractivity contribution in [2.45, 2.75) is 25.2 Å². The van der Waals surface area contributed by atoms with Crippen LogP contribution in [0.15, 0.2) is 12.1 Å². The summed E-state index contributed by atoms with van der Waals surface area (Å²) in [5.41, 5.74) is 5.58. The van der Waals surface area contributed by atoms with Gasteiger partial charge in [-0.1, -0.05) is 0 Å². The summed E-state index contributed by atoms with van der Waals surface area (Å²) in [6.07, 6.45) is -5.26. The number of rotatable bonds is 3. The zero-order chi connectivity index (χ0) is 15.6. The van der Waals surface area contributed by atoms with Gasteiger partial charge in [0.25, 0.3) is 0 Å². The van der Waals surface area contributed by atoms with Gasteiger partial charge in [0.2, 0.25) is 5.91 Å². The minimum absolute atomic E-state index is 0.174. The van der Waals surface area contributed by atoms with Gasteiger partial charge in [-0.15, -0.1) is 10.2 Å². The van der Waals surface area contributed by atoms with E-state index in [1.807, 2.05) is 0 Å². The zero-order valence-electron chi connectivity index (χ0n) is 10.6. The van der Waals surface area contributed by atoms with E-state index in [9.17, 15) is 22.8 Å². The van der Waals surface area contributed by atoms with E-state index in [0.717, 1.165) is 0 Å². The van der Waals surface area contributed by atoms with E-state index in [4.69, 9.17) is 10.5 Å². The molecule has 1 aromatic rings. The first-order valence-electron chi connectivity index (χ1n) is 5.89. The van der Waals surface area contributed by atoms with Crippen LogP contribution in [0.5, 0.6) is 0 Å². The van der Waals surface area contributed by atoms with Gasteiger partial charge < -0.3 is 15.8 Å². The van der Waals surface area contributed by atoms with E-state index in [0.29, 0.717) is 0 Å². The van der Waals surface area contributed by atoms with Crippen molar-refractivity contribution in [2.75, 3.05) is 5.73 Å². The number of halogens is 3. The Morgan fingerprint density at radius 2 is 2.14 bits per heavy atom. The number of carbonyl (C=O) groups excluding carboxylic acids is 2. The van der Waals surface area contributed by atoms with Crippen LogP contribution in [0.2, 0.25) is 0 Å². The molecule has 2 atom stereocenters. The minimum Gasteiger partial charge on any atom is -0.459 e. The Hall–Kier alpha value is -2.39. The number of nitrogens with two attached hydrogens (primary N) is 1. The van der Waals surface area contributed by atoms with E-state index >= 15 is 0 Å². The van der Waals surface area contributed by atoms with Gasteiger partial charge in [-0.3, -0.25) is 9.59 Å². The number of hydrogen-bond donors (Lipinski definition) is 2. The number of nitrogen functional groups attached to an aromatic ring is 1. The molecule has 1 fully saturated rings. The summed E-state index contributed by atoms with van der Waals surface area (Å²) in [7, 11) is 0. The highest BCUT2D eigenvalue weighted by molar-refractivity contribution is 5.99. The van der Waals surface area contributed by atoms with Gasteiger partial charge >= 0.3 is 12.1 Å². The summed E-state index contributed by atoms with van der Waals surface area (Å²) in [5, 5.41) is 8.86. The number of carbonyl (C=O) groups is 2. The summed E-state index contributed by atoms with van der Waals surface area (Å²) in [5.74, 6) is -3.32. The number of hydrogen-bond acceptors (Lipinski definition) is 6. The quantitative estimate of drug-likeness (QED) is 0.609. The molecule has 1 amide bonds. The Balaban J connectivity index is 1.92. The molecule has 0 radical (unpaired) electrons. The summed E-state index contributed by atoms with van der Waals surface area (Å²) in [6.45, 7) is -0.299. The fraction of sp³-hybridized carbons (Fsp3) is 0.455. The SMILES string of the molecule is Nc1ccc(COC(=O)C2C[C@@H](C(F)(F)F)NC2=O)nn1. The zero-order valence-corrected chi connectivity index (χ0v) is 10.6. The van der Waals surface area contributed by atoms with Crippen LogP contribution in [0.4, 0.5) is 19.0 Å². The first-order valence-corrected chi connectivity index (χ1v) is 5.89. The minimum atomic E-state index is -4.59. The van der Waals surface area contributed by atoms with Crippen molar-refractivity contribution >= 4 is 17.7 Å². The lowest BCUT2D eigenvalue weighted by Gasteiger charge is -2.13. The highest BCUT2D eigenvalue weighted by Crippen LogP contribution is 2.30. The lowest BCUT2D eigenvalue weighted by molar-refractivity contribution is -0.156. The Bertz CT molecular complexity index is 547. The predicted molar refractivity (Wildman–Crippen MR) is 62.3 cm³/mol. The Morgan fingerprint density at radius 3 is 2.67 bits per heavy atom. The van der Waals surface area contributed by atoms with Gasteiger partial charge in [-0.25, -0.2) is 0 Å². The van der Waals surface area contributed by atoms with Crippen LogP contribution in [0.1, 0.15) is 12.1 Å².